The average Bonchev–Trinajstić information content (AvgIpc) is 2.14. The second-order valence-electron chi connectivity index (χ2n) is 5.43. The fourth-order valence-corrected chi connectivity index (χ4v) is 3.77. The predicted molar refractivity (Wildman–Crippen MR) is 69.7 cm³/mol. The van der Waals surface area contributed by atoms with Crippen molar-refractivity contribution in [2.45, 2.75) is 39.7 Å². The minimum absolute atomic E-state index is 0.0249. The SMILES string of the molecule is C[C@H]1C[C@H](C)CN(S(=O)(=O)NCC[C@H](C)N)C1. The summed E-state index contributed by atoms with van der Waals surface area (Å²) in [6, 6.07) is 0.0249. The maximum Gasteiger partial charge on any atom is 0.279 e. The van der Waals surface area contributed by atoms with Crippen molar-refractivity contribution in [2.24, 2.45) is 17.6 Å². The molecule has 0 bridgehead atoms. The molecule has 0 saturated carbocycles. The lowest BCUT2D eigenvalue weighted by Crippen LogP contribution is -2.48. The van der Waals surface area contributed by atoms with Crippen molar-refractivity contribution in [1.29, 1.82) is 0 Å². The first-order valence-corrected chi connectivity index (χ1v) is 7.75. The van der Waals surface area contributed by atoms with Crippen molar-refractivity contribution in [2.75, 3.05) is 19.6 Å². The molecule has 1 aliphatic rings. The lowest BCUT2D eigenvalue weighted by molar-refractivity contribution is 0.220. The molecular weight excluding hydrogens is 238 g/mol. The number of rotatable bonds is 5. The van der Waals surface area contributed by atoms with Crippen LogP contribution in [0.1, 0.15) is 33.6 Å². The van der Waals surface area contributed by atoms with E-state index in [1.807, 2.05) is 6.92 Å². The zero-order valence-electron chi connectivity index (χ0n) is 11.0. The normalized spacial score (nSPS) is 29.2. The Balaban J connectivity index is 2.51. The smallest absolute Gasteiger partial charge is 0.279 e. The molecule has 0 aliphatic carbocycles. The Kier molecular flexibility index (Phi) is 5.37. The highest BCUT2D eigenvalue weighted by Gasteiger charge is 2.29. The summed E-state index contributed by atoms with van der Waals surface area (Å²) in [6.07, 6.45) is 1.77. The fraction of sp³-hybridized carbons (Fsp3) is 1.00. The maximum absolute atomic E-state index is 12.0. The molecule has 1 fully saturated rings. The van der Waals surface area contributed by atoms with Gasteiger partial charge in [0.2, 0.25) is 0 Å². The Labute approximate surface area is 105 Å². The van der Waals surface area contributed by atoms with E-state index < -0.39 is 10.2 Å². The molecule has 0 unspecified atom stereocenters. The highest BCUT2D eigenvalue weighted by molar-refractivity contribution is 7.87. The molecule has 1 saturated heterocycles. The van der Waals surface area contributed by atoms with E-state index in [4.69, 9.17) is 5.73 Å². The lowest BCUT2D eigenvalue weighted by atomic mass is 9.94. The number of nitrogens with two attached hydrogens (primary N) is 1. The van der Waals surface area contributed by atoms with Gasteiger partial charge in [0, 0.05) is 25.7 Å². The molecule has 1 heterocycles. The van der Waals surface area contributed by atoms with Gasteiger partial charge in [-0.1, -0.05) is 13.8 Å². The summed E-state index contributed by atoms with van der Waals surface area (Å²) in [6.45, 7) is 7.73. The number of nitrogens with zero attached hydrogens (tertiary/aromatic N) is 1. The van der Waals surface area contributed by atoms with Gasteiger partial charge in [0.05, 0.1) is 0 Å². The van der Waals surface area contributed by atoms with Crippen LogP contribution in [0.5, 0.6) is 0 Å². The van der Waals surface area contributed by atoms with E-state index in [9.17, 15) is 8.42 Å². The van der Waals surface area contributed by atoms with Crippen molar-refractivity contribution in [3.05, 3.63) is 0 Å². The number of hydrogen-bond donors (Lipinski definition) is 2. The first kappa shape index (κ1) is 14.9. The molecular formula is C11H25N3O2S. The van der Waals surface area contributed by atoms with E-state index in [0.29, 0.717) is 37.9 Å². The van der Waals surface area contributed by atoms with Crippen molar-refractivity contribution in [3.63, 3.8) is 0 Å². The Bertz CT molecular complexity index is 320. The topological polar surface area (TPSA) is 75.4 Å². The van der Waals surface area contributed by atoms with Crippen LogP contribution in [0.4, 0.5) is 0 Å². The van der Waals surface area contributed by atoms with Gasteiger partial charge in [-0.15, -0.1) is 0 Å². The van der Waals surface area contributed by atoms with Crippen LogP contribution in [0.15, 0.2) is 0 Å². The van der Waals surface area contributed by atoms with Gasteiger partial charge in [0.25, 0.3) is 10.2 Å². The van der Waals surface area contributed by atoms with Crippen LogP contribution in [0.3, 0.4) is 0 Å². The molecule has 1 rings (SSSR count). The standard InChI is InChI=1S/C11H25N3O2S/c1-9-6-10(2)8-14(7-9)17(15,16)13-5-4-11(3)12/h9-11,13H,4-8,12H2,1-3H3/t9-,10-,11-/m0/s1. The summed E-state index contributed by atoms with van der Waals surface area (Å²) < 4.78 is 28.2. The average molecular weight is 263 g/mol. The predicted octanol–water partition coefficient (Wildman–Crippen LogP) is 0.536. The number of nitrogens with one attached hydrogen (secondary N) is 1. The second-order valence-corrected chi connectivity index (χ2v) is 7.18. The van der Waals surface area contributed by atoms with Gasteiger partial charge < -0.3 is 5.73 Å². The van der Waals surface area contributed by atoms with E-state index in [2.05, 4.69) is 18.6 Å². The third kappa shape index (κ3) is 4.91. The Hall–Kier alpha value is -0.170. The minimum Gasteiger partial charge on any atom is -0.328 e. The summed E-state index contributed by atoms with van der Waals surface area (Å²) in [4.78, 5) is 0. The molecule has 3 atom stereocenters. The van der Waals surface area contributed by atoms with E-state index in [1.54, 1.807) is 4.31 Å². The first-order valence-electron chi connectivity index (χ1n) is 6.31. The highest BCUT2D eigenvalue weighted by Crippen LogP contribution is 2.22. The maximum atomic E-state index is 12.0. The third-order valence-electron chi connectivity index (χ3n) is 3.06. The zero-order valence-corrected chi connectivity index (χ0v) is 11.8. The highest BCUT2D eigenvalue weighted by atomic mass is 32.2. The Morgan fingerprint density at radius 3 is 2.35 bits per heavy atom. The summed E-state index contributed by atoms with van der Waals surface area (Å²) in [7, 11) is -3.32. The molecule has 17 heavy (non-hydrogen) atoms. The monoisotopic (exact) mass is 263 g/mol. The van der Waals surface area contributed by atoms with Gasteiger partial charge in [0.15, 0.2) is 0 Å². The quantitative estimate of drug-likeness (QED) is 0.760. The van der Waals surface area contributed by atoms with Crippen LogP contribution in [-0.2, 0) is 10.2 Å². The second kappa shape index (κ2) is 6.13. The Morgan fingerprint density at radius 2 is 1.88 bits per heavy atom. The first-order chi connectivity index (χ1) is 7.81. The van der Waals surface area contributed by atoms with Gasteiger partial charge in [-0.25, -0.2) is 4.72 Å². The van der Waals surface area contributed by atoms with Crippen LogP contribution in [0.25, 0.3) is 0 Å². The van der Waals surface area contributed by atoms with Crippen LogP contribution in [0, 0.1) is 11.8 Å². The van der Waals surface area contributed by atoms with Crippen molar-refractivity contribution in [1.82, 2.24) is 9.03 Å². The van der Waals surface area contributed by atoms with Crippen LogP contribution >= 0.6 is 0 Å². The molecule has 1 aliphatic heterocycles. The molecule has 102 valence electrons. The van der Waals surface area contributed by atoms with Crippen LogP contribution in [0.2, 0.25) is 0 Å². The molecule has 3 N–H and O–H groups in total. The molecule has 0 radical (unpaired) electrons. The largest absolute Gasteiger partial charge is 0.328 e. The number of hydrogen-bond acceptors (Lipinski definition) is 3. The van der Waals surface area contributed by atoms with Crippen molar-refractivity contribution in [3.8, 4) is 0 Å². The van der Waals surface area contributed by atoms with Crippen molar-refractivity contribution >= 4 is 10.2 Å². The fourth-order valence-electron chi connectivity index (χ4n) is 2.31. The summed E-state index contributed by atoms with van der Waals surface area (Å²) in [5.74, 6) is 0.868. The van der Waals surface area contributed by atoms with E-state index in [0.717, 1.165) is 6.42 Å². The van der Waals surface area contributed by atoms with Gasteiger partial charge in [-0.2, -0.15) is 12.7 Å². The zero-order chi connectivity index (χ0) is 13.1. The molecule has 0 aromatic rings. The van der Waals surface area contributed by atoms with Crippen LogP contribution in [-0.4, -0.2) is 38.4 Å². The summed E-state index contributed by atoms with van der Waals surface area (Å²) in [5, 5.41) is 0. The molecule has 0 aromatic carbocycles. The van der Waals surface area contributed by atoms with Gasteiger partial charge in [-0.3, -0.25) is 0 Å². The van der Waals surface area contributed by atoms with Crippen molar-refractivity contribution < 1.29 is 8.42 Å². The molecule has 0 amide bonds. The summed E-state index contributed by atoms with van der Waals surface area (Å²) in [5.41, 5.74) is 5.60. The molecule has 5 nitrogen and oxygen atoms in total. The molecule has 0 spiro atoms. The van der Waals surface area contributed by atoms with Gasteiger partial charge >= 0.3 is 0 Å². The molecule has 0 aromatic heterocycles. The molecule has 6 heteroatoms. The van der Waals surface area contributed by atoms with Gasteiger partial charge in [0.1, 0.15) is 0 Å². The van der Waals surface area contributed by atoms with E-state index in [1.165, 1.54) is 0 Å². The van der Waals surface area contributed by atoms with E-state index >= 15 is 0 Å². The van der Waals surface area contributed by atoms with Crippen LogP contribution < -0.4 is 10.5 Å². The lowest BCUT2D eigenvalue weighted by Gasteiger charge is -2.34. The number of piperidine rings is 1. The van der Waals surface area contributed by atoms with Gasteiger partial charge in [-0.05, 0) is 31.6 Å². The third-order valence-corrected chi connectivity index (χ3v) is 4.61. The minimum atomic E-state index is -3.32. The Morgan fingerprint density at radius 1 is 1.35 bits per heavy atom. The van der Waals surface area contributed by atoms with E-state index in [-0.39, 0.29) is 6.04 Å². The summed E-state index contributed by atoms with van der Waals surface area (Å²) >= 11 is 0.